The van der Waals surface area contributed by atoms with Crippen molar-refractivity contribution in [1.29, 1.82) is 0 Å². The van der Waals surface area contributed by atoms with Gasteiger partial charge in [0, 0.05) is 17.5 Å². The van der Waals surface area contributed by atoms with Gasteiger partial charge in [0.15, 0.2) is 11.6 Å². The summed E-state index contributed by atoms with van der Waals surface area (Å²) in [5.74, 6) is 2.41. The normalized spacial score (nSPS) is 11.2. The second-order valence-electron chi connectivity index (χ2n) is 5.44. The maximum absolute atomic E-state index is 6.11. The Labute approximate surface area is 147 Å². The van der Waals surface area contributed by atoms with Crippen LogP contribution in [0.4, 0.5) is 5.82 Å². The van der Waals surface area contributed by atoms with E-state index in [-0.39, 0.29) is 0 Å². The quantitative estimate of drug-likeness (QED) is 0.547. The molecule has 0 aliphatic carbocycles. The fourth-order valence-corrected chi connectivity index (χ4v) is 3.64. The third kappa shape index (κ3) is 2.86. The minimum absolute atomic E-state index is 0.459. The number of hydrogen-bond acceptors (Lipinski definition) is 6. The molecule has 0 radical (unpaired) electrons. The molecule has 0 saturated carbocycles. The van der Waals surface area contributed by atoms with Gasteiger partial charge in [-0.05, 0) is 36.8 Å². The van der Waals surface area contributed by atoms with E-state index in [4.69, 9.17) is 21.8 Å². The molecule has 0 aromatic carbocycles. The third-order valence-corrected chi connectivity index (χ3v) is 4.85. The van der Waals surface area contributed by atoms with Gasteiger partial charge in [-0.25, -0.2) is 15.0 Å². The Morgan fingerprint density at radius 2 is 2.08 bits per heavy atom. The average Bonchev–Trinajstić information content (AvgIpc) is 3.16. The van der Waals surface area contributed by atoms with Crippen LogP contribution in [0.5, 0.6) is 0 Å². The van der Waals surface area contributed by atoms with E-state index in [0.717, 1.165) is 32.8 Å². The molecule has 2 N–H and O–H groups in total. The Morgan fingerprint density at radius 1 is 1.21 bits per heavy atom. The lowest BCUT2D eigenvalue weighted by molar-refractivity contribution is 0.544. The molecule has 0 unspecified atom stereocenters. The zero-order chi connectivity index (χ0) is 16.7. The summed E-state index contributed by atoms with van der Waals surface area (Å²) in [6, 6.07) is 9.51. The van der Waals surface area contributed by atoms with Gasteiger partial charge in [0.2, 0.25) is 0 Å². The average molecular weight is 357 g/mol. The number of nitrogens with two attached hydrogens (primary N) is 1. The van der Waals surface area contributed by atoms with Crippen LogP contribution in [0, 0.1) is 6.92 Å². The summed E-state index contributed by atoms with van der Waals surface area (Å²) in [5.41, 5.74) is 7.19. The van der Waals surface area contributed by atoms with Gasteiger partial charge in [0.1, 0.15) is 21.6 Å². The molecular weight excluding hydrogens is 344 g/mol. The van der Waals surface area contributed by atoms with Crippen molar-refractivity contribution in [1.82, 2.24) is 15.0 Å². The largest absolute Gasteiger partial charge is 0.458 e. The van der Waals surface area contributed by atoms with Gasteiger partial charge in [-0.3, -0.25) is 0 Å². The number of halogens is 1. The standard InChI is InChI=1S/C17H13ClN4OS/c1-9-2-4-13(23-9)16-21-15(19)12-7-11(24-17(12)22-16)6-10-3-5-14(18)20-8-10/h2-5,7-8H,6H2,1H3,(H2,19,21,22). The van der Waals surface area contributed by atoms with Gasteiger partial charge < -0.3 is 10.2 Å². The molecule has 5 nitrogen and oxygen atoms in total. The molecule has 0 bridgehead atoms. The van der Waals surface area contributed by atoms with E-state index in [2.05, 4.69) is 15.0 Å². The molecule has 0 fully saturated rings. The first-order valence-corrected chi connectivity index (χ1v) is 8.51. The number of aromatic nitrogens is 3. The predicted molar refractivity (Wildman–Crippen MR) is 96.3 cm³/mol. The smallest absolute Gasteiger partial charge is 0.199 e. The summed E-state index contributed by atoms with van der Waals surface area (Å²) in [4.78, 5) is 15.1. The number of rotatable bonds is 3. The lowest BCUT2D eigenvalue weighted by Gasteiger charge is -1.99. The number of nitrogen functional groups attached to an aromatic ring is 1. The third-order valence-electron chi connectivity index (χ3n) is 3.60. The highest BCUT2D eigenvalue weighted by atomic mass is 35.5. The second-order valence-corrected chi connectivity index (χ2v) is 6.94. The van der Waals surface area contributed by atoms with Gasteiger partial charge in [-0.2, -0.15) is 0 Å². The van der Waals surface area contributed by atoms with Crippen LogP contribution in [0.2, 0.25) is 5.15 Å². The number of hydrogen-bond donors (Lipinski definition) is 1. The van der Waals surface area contributed by atoms with E-state index in [1.165, 1.54) is 0 Å². The Bertz CT molecular complexity index is 1020. The van der Waals surface area contributed by atoms with Crippen molar-refractivity contribution in [2.24, 2.45) is 0 Å². The van der Waals surface area contributed by atoms with Gasteiger partial charge >= 0.3 is 0 Å². The number of aryl methyl sites for hydroxylation is 1. The number of pyridine rings is 1. The van der Waals surface area contributed by atoms with E-state index in [0.29, 0.717) is 22.6 Å². The second kappa shape index (κ2) is 5.89. The molecule has 0 aliphatic heterocycles. The van der Waals surface area contributed by atoms with Crippen LogP contribution in [-0.4, -0.2) is 15.0 Å². The van der Waals surface area contributed by atoms with Gasteiger partial charge in [0.05, 0.1) is 5.39 Å². The van der Waals surface area contributed by atoms with E-state index in [1.807, 2.05) is 31.2 Å². The van der Waals surface area contributed by atoms with Gasteiger partial charge in [-0.15, -0.1) is 11.3 Å². The molecule has 4 rings (SSSR count). The molecule has 0 aliphatic rings. The van der Waals surface area contributed by atoms with Crippen LogP contribution < -0.4 is 5.73 Å². The highest BCUT2D eigenvalue weighted by molar-refractivity contribution is 7.18. The zero-order valence-electron chi connectivity index (χ0n) is 12.8. The summed E-state index contributed by atoms with van der Waals surface area (Å²) < 4.78 is 5.59. The summed E-state index contributed by atoms with van der Waals surface area (Å²) in [6.45, 7) is 1.88. The molecule has 4 heterocycles. The monoisotopic (exact) mass is 356 g/mol. The van der Waals surface area contributed by atoms with Crippen molar-refractivity contribution < 1.29 is 4.42 Å². The minimum Gasteiger partial charge on any atom is -0.458 e. The summed E-state index contributed by atoms with van der Waals surface area (Å²) in [7, 11) is 0. The maximum Gasteiger partial charge on any atom is 0.199 e. The van der Waals surface area contributed by atoms with E-state index >= 15 is 0 Å². The highest BCUT2D eigenvalue weighted by Crippen LogP contribution is 2.31. The minimum atomic E-state index is 0.459. The lowest BCUT2D eigenvalue weighted by atomic mass is 10.2. The fraction of sp³-hybridized carbons (Fsp3) is 0.118. The fourth-order valence-electron chi connectivity index (χ4n) is 2.46. The maximum atomic E-state index is 6.11. The van der Waals surface area contributed by atoms with Crippen LogP contribution >= 0.6 is 22.9 Å². The summed E-state index contributed by atoms with van der Waals surface area (Å²) in [5, 5.41) is 1.35. The number of thiophene rings is 1. The molecule has 0 amide bonds. The van der Waals surface area contributed by atoms with Crippen LogP contribution in [0.15, 0.2) is 40.9 Å². The highest BCUT2D eigenvalue weighted by Gasteiger charge is 2.13. The molecule has 4 aromatic rings. The Kier molecular flexibility index (Phi) is 3.70. The molecule has 7 heteroatoms. The number of fused-ring (bicyclic) bond motifs is 1. The first kappa shape index (κ1) is 15.1. The van der Waals surface area contributed by atoms with Crippen LogP contribution in [0.1, 0.15) is 16.2 Å². The molecule has 0 spiro atoms. The Balaban J connectivity index is 1.72. The summed E-state index contributed by atoms with van der Waals surface area (Å²) in [6.07, 6.45) is 2.53. The van der Waals surface area contributed by atoms with Crippen LogP contribution in [0.3, 0.4) is 0 Å². The molecule has 120 valence electrons. The molecule has 24 heavy (non-hydrogen) atoms. The van der Waals surface area contributed by atoms with Crippen molar-refractivity contribution in [2.75, 3.05) is 5.73 Å². The van der Waals surface area contributed by atoms with Crippen LogP contribution in [-0.2, 0) is 6.42 Å². The van der Waals surface area contributed by atoms with Crippen LogP contribution in [0.25, 0.3) is 21.8 Å². The Hall–Kier alpha value is -2.44. The van der Waals surface area contributed by atoms with E-state index < -0.39 is 0 Å². The van der Waals surface area contributed by atoms with Crippen molar-refractivity contribution >= 4 is 39.0 Å². The molecule has 0 atom stereocenters. The van der Waals surface area contributed by atoms with Crippen molar-refractivity contribution in [3.05, 3.63) is 57.9 Å². The van der Waals surface area contributed by atoms with Gasteiger partial charge in [0.25, 0.3) is 0 Å². The van der Waals surface area contributed by atoms with Crippen molar-refractivity contribution in [3.8, 4) is 11.6 Å². The SMILES string of the molecule is Cc1ccc(-c2nc(N)c3cc(Cc4ccc(Cl)nc4)sc3n2)o1. The molecular formula is C17H13ClN4OS. The first-order valence-electron chi connectivity index (χ1n) is 7.31. The van der Waals surface area contributed by atoms with E-state index in [1.54, 1.807) is 23.6 Å². The number of anilines is 1. The number of nitrogens with zero attached hydrogens (tertiary/aromatic N) is 3. The Morgan fingerprint density at radius 3 is 2.79 bits per heavy atom. The summed E-state index contributed by atoms with van der Waals surface area (Å²) >= 11 is 7.42. The van der Waals surface area contributed by atoms with E-state index in [9.17, 15) is 0 Å². The van der Waals surface area contributed by atoms with Crippen molar-refractivity contribution in [2.45, 2.75) is 13.3 Å². The first-order chi connectivity index (χ1) is 11.6. The molecule has 0 saturated heterocycles. The molecule has 4 aromatic heterocycles. The topological polar surface area (TPSA) is 77.8 Å². The van der Waals surface area contributed by atoms with Gasteiger partial charge in [-0.1, -0.05) is 17.7 Å². The predicted octanol–water partition coefficient (Wildman–Crippen LogP) is 4.48. The van der Waals surface area contributed by atoms with Crippen molar-refractivity contribution in [3.63, 3.8) is 0 Å². The lowest BCUT2D eigenvalue weighted by Crippen LogP contribution is -1.95. The zero-order valence-corrected chi connectivity index (χ0v) is 14.4. The number of furan rings is 1.